The first-order valence-corrected chi connectivity index (χ1v) is 8.65. The van der Waals surface area contributed by atoms with Gasteiger partial charge in [0.25, 0.3) is 0 Å². The number of hydrogen-bond donors (Lipinski definition) is 2. The lowest BCUT2D eigenvalue weighted by atomic mass is 9.98. The minimum Gasteiger partial charge on any atom is -0.497 e. The van der Waals surface area contributed by atoms with Crippen molar-refractivity contribution in [2.45, 2.75) is 32.4 Å². The monoisotopic (exact) mass is 339 g/mol. The number of nitrogens with two attached hydrogens (primary N) is 1. The van der Waals surface area contributed by atoms with E-state index in [1.807, 2.05) is 43.3 Å². The van der Waals surface area contributed by atoms with Crippen LogP contribution >= 0.6 is 0 Å². The van der Waals surface area contributed by atoms with Crippen LogP contribution < -0.4 is 20.7 Å². The van der Waals surface area contributed by atoms with E-state index in [0.717, 1.165) is 47.6 Å². The van der Waals surface area contributed by atoms with Gasteiger partial charge in [0, 0.05) is 24.5 Å². The van der Waals surface area contributed by atoms with Gasteiger partial charge in [-0.15, -0.1) is 0 Å². The van der Waals surface area contributed by atoms with Crippen LogP contribution in [0.3, 0.4) is 0 Å². The molecule has 0 saturated heterocycles. The summed E-state index contributed by atoms with van der Waals surface area (Å²) in [6.45, 7) is 3.29. The number of fused-ring (bicyclic) bond motifs is 1. The fourth-order valence-corrected chi connectivity index (χ4v) is 3.34. The molecule has 3 rings (SSSR count). The topological polar surface area (TPSA) is 67.6 Å². The zero-order valence-electron chi connectivity index (χ0n) is 14.8. The molecule has 0 aliphatic carbocycles. The first kappa shape index (κ1) is 17.1. The van der Waals surface area contributed by atoms with E-state index < -0.39 is 0 Å². The molecule has 2 aromatic carbocycles. The molecule has 1 atom stereocenters. The zero-order chi connectivity index (χ0) is 17.8. The van der Waals surface area contributed by atoms with Gasteiger partial charge < -0.3 is 20.7 Å². The van der Waals surface area contributed by atoms with Crippen molar-refractivity contribution in [3.05, 3.63) is 53.6 Å². The maximum atomic E-state index is 12.6. The Morgan fingerprint density at radius 2 is 2.12 bits per heavy atom. The first-order chi connectivity index (χ1) is 12.1. The fraction of sp³-hybridized carbons (Fsp3) is 0.350. The Hall–Kier alpha value is -2.69. The maximum absolute atomic E-state index is 12.6. The van der Waals surface area contributed by atoms with Crippen LogP contribution in [0.5, 0.6) is 5.75 Å². The lowest BCUT2D eigenvalue weighted by molar-refractivity contribution is -0.122. The van der Waals surface area contributed by atoms with E-state index >= 15 is 0 Å². The zero-order valence-corrected chi connectivity index (χ0v) is 14.8. The summed E-state index contributed by atoms with van der Waals surface area (Å²) in [5.41, 5.74) is 10.2. The first-order valence-electron chi connectivity index (χ1n) is 8.65. The summed E-state index contributed by atoms with van der Waals surface area (Å²) in [7, 11) is 1.64. The van der Waals surface area contributed by atoms with Crippen molar-refractivity contribution in [3.63, 3.8) is 0 Å². The van der Waals surface area contributed by atoms with Crippen LogP contribution in [0.15, 0.2) is 42.5 Å². The number of nitrogens with one attached hydrogen (secondary N) is 1. The Kier molecular flexibility index (Phi) is 5.12. The van der Waals surface area contributed by atoms with Gasteiger partial charge in [0.05, 0.1) is 7.11 Å². The van der Waals surface area contributed by atoms with Gasteiger partial charge in [-0.25, -0.2) is 0 Å². The van der Waals surface area contributed by atoms with Crippen molar-refractivity contribution in [1.29, 1.82) is 0 Å². The van der Waals surface area contributed by atoms with E-state index in [0.29, 0.717) is 6.54 Å². The van der Waals surface area contributed by atoms with Crippen molar-refractivity contribution in [1.82, 2.24) is 5.32 Å². The molecule has 1 amide bonds. The molecule has 0 fully saturated rings. The summed E-state index contributed by atoms with van der Waals surface area (Å²) < 4.78 is 5.22. The van der Waals surface area contributed by atoms with Gasteiger partial charge in [-0.3, -0.25) is 4.79 Å². The Labute approximate surface area is 148 Å². The Balaban J connectivity index is 1.68. The third-order valence-corrected chi connectivity index (χ3v) is 4.77. The van der Waals surface area contributed by atoms with Crippen LogP contribution in [-0.4, -0.2) is 25.6 Å². The SMILES string of the molecule is COc1cccc(CNC(=O)C(C)N2CCCc3c(N)cccc32)c1. The quantitative estimate of drug-likeness (QED) is 0.822. The number of benzene rings is 2. The number of methoxy groups -OCH3 is 1. The van der Waals surface area contributed by atoms with E-state index in [1.165, 1.54) is 0 Å². The Bertz CT molecular complexity index is 760. The van der Waals surface area contributed by atoms with Gasteiger partial charge in [0.1, 0.15) is 11.8 Å². The van der Waals surface area contributed by atoms with Gasteiger partial charge in [0.2, 0.25) is 5.91 Å². The molecule has 5 nitrogen and oxygen atoms in total. The molecule has 25 heavy (non-hydrogen) atoms. The van der Waals surface area contributed by atoms with Gasteiger partial charge in [-0.05, 0) is 55.2 Å². The Morgan fingerprint density at radius 1 is 1.32 bits per heavy atom. The number of carbonyl (C=O) groups is 1. The molecule has 3 N–H and O–H groups in total. The van der Waals surface area contributed by atoms with Crippen LogP contribution in [0.1, 0.15) is 24.5 Å². The molecule has 1 aliphatic heterocycles. The minimum atomic E-state index is -0.244. The molecule has 1 heterocycles. The molecule has 0 bridgehead atoms. The second-order valence-electron chi connectivity index (χ2n) is 6.39. The van der Waals surface area contributed by atoms with Crippen LogP contribution in [0.25, 0.3) is 0 Å². The minimum absolute atomic E-state index is 0.0121. The van der Waals surface area contributed by atoms with Crippen molar-refractivity contribution >= 4 is 17.3 Å². The number of hydrogen-bond acceptors (Lipinski definition) is 4. The van der Waals surface area contributed by atoms with Crippen LogP contribution in [0, 0.1) is 0 Å². The summed E-state index contributed by atoms with van der Waals surface area (Å²) in [4.78, 5) is 14.8. The number of nitrogen functional groups attached to an aromatic ring is 1. The van der Waals surface area contributed by atoms with Crippen molar-refractivity contribution in [3.8, 4) is 5.75 Å². The smallest absolute Gasteiger partial charge is 0.242 e. The highest BCUT2D eigenvalue weighted by atomic mass is 16.5. The largest absolute Gasteiger partial charge is 0.497 e. The third-order valence-electron chi connectivity index (χ3n) is 4.77. The molecule has 132 valence electrons. The second-order valence-corrected chi connectivity index (χ2v) is 6.39. The highest BCUT2D eigenvalue weighted by Crippen LogP contribution is 2.32. The number of rotatable bonds is 5. The molecule has 1 aliphatic rings. The predicted molar refractivity (Wildman–Crippen MR) is 101 cm³/mol. The molecule has 0 saturated carbocycles. The van der Waals surface area contributed by atoms with Gasteiger partial charge >= 0.3 is 0 Å². The van der Waals surface area contributed by atoms with E-state index in [9.17, 15) is 4.79 Å². The lowest BCUT2D eigenvalue weighted by Gasteiger charge is -2.36. The predicted octanol–water partition coefficient (Wildman–Crippen LogP) is 2.73. The van der Waals surface area contributed by atoms with Crippen molar-refractivity contribution in [2.75, 3.05) is 24.3 Å². The highest BCUT2D eigenvalue weighted by molar-refractivity contribution is 5.86. The summed E-state index contributed by atoms with van der Waals surface area (Å²) in [6.07, 6.45) is 1.98. The van der Waals surface area contributed by atoms with Gasteiger partial charge in [0.15, 0.2) is 0 Å². The van der Waals surface area contributed by atoms with Gasteiger partial charge in [-0.2, -0.15) is 0 Å². The van der Waals surface area contributed by atoms with E-state index in [1.54, 1.807) is 7.11 Å². The number of carbonyl (C=O) groups excluding carboxylic acids is 1. The summed E-state index contributed by atoms with van der Waals surface area (Å²) in [5.74, 6) is 0.804. The Morgan fingerprint density at radius 3 is 2.92 bits per heavy atom. The summed E-state index contributed by atoms with van der Waals surface area (Å²) >= 11 is 0. The average molecular weight is 339 g/mol. The molecule has 5 heteroatoms. The standard InChI is InChI=1S/C20H25N3O2/c1-14(20(24)22-13-15-6-3-7-16(12-15)25-2)23-11-5-8-17-18(21)9-4-10-19(17)23/h3-4,6-7,9-10,12,14H,5,8,11,13,21H2,1-2H3,(H,22,24). The summed E-state index contributed by atoms with van der Waals surface area (Å²) in [5, 5.41) is 3.03. The number of ether oxygens (including phenoxy) is 1. The average Bonchev–Trinajstić information content (AvgIpc) is 2.65. The highest BCUT2D eigenvalue weighted by Gasteiger charge is 2.26. The molecule has 0 spiro atoms. The van der Waals surface area contributed by atoms with Crippen LogP contribution in [0.4, 0.5) is 11.4 Å². The molecular weight excluding hydrogens is 314 g/mol. The number of anilines is 2. The van der Waals surface area contributed by atoms with E-state index in [-0.39, 0.29) is 11.9 Å². The van der Waals surface area contributed by atoms with Gasteiger partial charge in [-0.1, -0.05) is 18.2 Å². The molecule has 0 aromatic heterocycles. The van der Waals surface area contributed by atoms with E-state index in [2.05, 4.69) is 16.3 Å². The fourth-order valence-electron chi connectivity index (χ4n) is 3.34. The number of amides is 1. The maximum Gasteiger partial charge on any atom is 0.242 e. The van der Waals surface area contributed by atoms with Crippen molar-refractivity contribution in [2.24, 2.45) is 0 Å². The van der Waals surface area contributed by atoms with Crippen LogP contribution in [0.2, 0.25) is 0 Å². The summed E-state index contributed by atoms with van der Waals surface area (Å²) in [6, 6.07) is 13.4. The molecule has 2 aromatic rings. The van der Waals surface area contributed by atoms with E-state index in [4.69, 9.17) is 10.5 Å². The normalized spacial score (nSPS) is 14.6. The molecule has 0 radical (unpaired) electrons. The lowest BCUT2D eigenvalue weighted by Crippen LogP contribution is -2.47. The second kappa shape index (κ2) is 7.47. The van der Waals surface area contributed by atoms with Crippen molar-refractivity contribution < 1.29 is 9.53 Å². The number of nitrogens with zero attached hydrogens (tertiary/aromatic N) is 1. The van der Waals surface area contributed by atoms with Crippen LogP contribution in [-0.2, 0) is 17.8 Å². The third kappa shape index (κ3) is 3.71. The molecular formula is C20H25N3O2. The molecule has 1 unspecified atom stereocenters.